The van der Waals surface area contributed by atoms with Crippen molar-refractivity contribution in [3.8, 4) is 0 Å². The van der Waals surface area contributed by atoms with Crippen LogP contribution in [0.5, 0.6) is 0 Å². The molecule has 14 nitrogen and oxygen atoms in total. The van der Waals surface area contributed by atoms with E-state index in [2.05, 4.69) is 79.9 Å². The summed E-state index contributed by atoms with van der Waals surface area (Å²) in [6.07, 6.45) is 78.5. The molecule has 2 aliphatic rings. The summed E-state index contributed by atoms with van der Waals surface area (Å²) < 4.78 is 22.9. The molecule has 0 aromatic rings. The smallest absolute Gasteiger partial charge is 0.220 e. The molecule has 0 aromatic carbocycles. The Hall–Kier alpha value is -2.57. The second kappa shape index (κ2) is 68.5. The number of amides is 1. The lowest BCUT2D eigenvalue weighted by atomic mass is 9.97. The van der Waals surface area contributed by atoms with Gasteiger partial charge in [-0.3, -0.25) is 4.79 Å². The Balaban J connectivity index is 1.58. The van der Waals surface area contributed by atoms with E-state index in [1.54, 1.807) is 6.08 Å². The van der Waals surface area contributed by atoms with E-state index in [-0.39, 0.29) is 18.9 Å². The quantitative estimate of drug-likeness (QED) is 0.0204. The highest BCUT2D eigenvalue weighted by Gasteiger charge is 2.51. The predicted molar refractivity (Wildman–Crippen MR) is 410 cm³/mol. The fraction of sp³-hybridized carbons (Fsp3) is 0.847. The number of aliphatic hydroxyl groups is 8. The number of carbonyl (C=O) groups excluding carboxylic acids is 1. The average molecular weight is 1400 g/mol. The largest absolute Gasteiger partial charge is 0.394 e. The van der Waals surface area contributed by atoms with Crippen molar-refractivity contribution >= 4 is 5.91 Å². The van der Waals surface area contributed by atoms with Crippen molar-refractivity contribution in [1.82, 2.24) is 5.32 Å². The molecule has 0 aromatic heterocycles. The molecule has 9 N–H and O–H groups in total. The lowest BCUT2D eigenvalue weighted by Gasteiger charge is -2.46. The average Bonchev–Trinajstić information content (AvgIpc) is 0.794. The van der Waals surface area contributed by atoms with E-state index < -0.39 is 86.8 Å². The molecule has 2 heterocycles. The maximum absolute atomic E-state index is 13.4. The Labute approximate surface area is 606 Å². The van der Waals surface area contributed by atoms with Crippen LogP contribution in [0.3, 0.4) is 0 Å². The monoisotopic (exact) mass is 1400 g/mol. The van der Waals surface area contributed by atoms with Gasteiger partial charge in [-0.2, -0.15) is 0 Å². The first kappa shape index (κ1) is 92.5. The van der Waals surface area contributed by atoms with Crippen molar-refractivity contribution in [3.63, 3.8) is 0 Å². The van der Waals surface area contributed by atoms with Crippen LogP contribution in [0.25, 0.3) is 0 Å². The minimum Gasteiger partial charge on any atom is -0.394 e. The summed E-state index contributed by atoms with van der Waals surface area (Å²) in [6.45, 7) is 2.74. The summed E-state index contributed by atoms with van der Waals surface area (Å²) in [6, 6.07) is -0.917. The van der Waals surface area contributed by atoms with Crippen molar-refractivity contribution in [2.75, 3.05) is 19.8 Å². The number of rotatable bonds is 70. The van der Waals surface area contributed by atoms with Gasteiger partial charge < -0.3 is 65.1 Å². The second-order valence-corrected chi connectivity index (χ2v) is 29.2. The molecule has 2 aliphatic heterocycles. The topological polar surface area (TPSA) is 228 Å². The van der Waals surface area contributed by atoms with Gasteiger partial charge >= 0.3 is 0 Å². The van der Waals surface area contributed by atoms with E-state index in [4.69, 9.17) is 18.9 Å². The maximum Gasteiger partial charge on any atom is 0.220 e. The third kappa shape index (κ3) is 51.3. The van der Waals surface area contributed by atoms with Gasteiger partial charge in [-0.15, -0.1) is 0 Å². The van der Waals surface area contributed by atoms with Crippen molar-refractivity contribution in [1.29, 1.82) is 0 Å². The molecule has 14 heteroatoms. The standard InChI is InChI=1S/C85H155NO13/c1-3-5-7-9-11-13-15-17-19-21-23-25-27-29-31-32-33-34-35-36-37-38-39-40-41-42-43-45-47-49-51-53-55-57-59-61-63-65-67-69-77(90)86-73(72-96-84-82(95)80(93)83(76(71-88)98-84)99-85-81(94)79(92)78(91)75(70-87)97-85)74(89)68-66-64-62-60-58-56-54-52-50-48-46-44-30-28-26-24-22-20-18-16-14-12-10-8-6-4-2/h5,7,11,13,17,19,23,25,29,31,66,68,73-76,78-85,87-89,91-95H,3-4,6,8-10,12,14-16,18,20-22,24,26-28,30,32-65,67,69-72H2,1-2H3,(H,86,90)/b7-5-,13-11-,19-17-,25-23-,31-29-,68-66+. The van der Waals surface area contributed by atoms with Gasteiger partial charge in [0, 0.05) is 6.42 Å². The van der Waals surface area contributed by atoms with Gasteiger partial charge in [-0.05, 0) is 64.2 Å². The molecule has 0 saturated carbocycles. The highest BCUT2D eigenvalue weighted by Crippen LogP contribution is 2.30. The van der Waals surface area contributed by atoms with E-state index in [0.29, 0.717) is 6.42 Å². The van der Waals surface area contributed by atoms with Crippen LogP contribution in [0.4, 0.5) is 0 Å². The first-order valence-corrected chi connectivity index (χ1v) is 41.7. The highest BCUT2D eigenvalue weighted by atomic mass is 16.7. The Kier molecular flexibility index (Phi) is 64.0. The summed E-state index contributed by atoms with van der Waals surface area (Å²) >= 11 is 0. The third-order valence-electron chi connectivity index (χ3n) is 20.1. The number of carbonyl (C=O) groups is 1. The number of hydrogen-bond acceptors (Lipinski definition) is 13. The Morgan fingerprint density at radius 3 is 1.07 bits per heavy atom. The predicted octanol–water partition coefficient (Wildman–Crippen LogP) is 19.3. The fourth-order valence-corrected chi connectivity index (χ4v) is 13.6. The number of hydrogen-bond donors (Lipinski definition) is 9. The van der Waals surface area contributed by atoms with Crippen molar-refractivity contribution < 1.29 is 64.6 Å². The molecule has 0 aliphatic carbocycles. The van der Waals surface area contributed by atoms with Crippen molar-refractivity contribution in [2.45, 2.75) is 441 Å². The van der Waals surface area contributed by atoms with Crippen LogP contribution in [0.2, 0.25) is 0 Å². The molecular weight excluding hydrogens is 1240 g/mol. The molecule has 1 amide bonds. The maximum atomic E-state index is 13.4. The van der Waals surface area contributed by atoms with Crippen LogP contribution < -0.4 is 5.32 Å². The summed E-state index contributed by atoms with van der Waals surface area (Å²) in [5, 5.41) is 87.7. The number of unbranched alkanes of at least 4 members (excludes halogenated alkanes) is 47. The van der Waals surface area contributed by atoms with Gasteiger partial charge in [0.25, 0.3) is 0 Å². The minimum absolute atomic E-state index is 0.232. The van der Waals surface area contributed by atoms with Crippen LogP contribution >= 0.6 is 0 Å². The Morgan fingerprint density at radius 1 is 0.374 bits per heavy atom. The molecule has 0 spiro atoms. The zero-order valence-electron chi connectivity index (χ0n) is 63.5. The van der Waals surface area contributed by atoms with Crippen molar-refractivity contribution in [3.05, 3.63) is 72.9 Å². The molecular formula is C85H155NO13. The number of ether oxygens (including phenoxy) is 4. The number of nitrogens with one attached hydrogen (secondary N) is 1. The van der Waals surface area contributed by atoms with Gasteiger partial charge in [-0.1, -0.05) is 369 Å². The summed E-state index contributed by atoms with van der Waals surface area (Å²) in [4.78, 5) is 13.4. The van der Waals surface area contributed by atoms with Gasteiger partial charge in [0.2, 0.25) is 5.91 Å². The summed E-state index contributed by atoms with van der Waals surface area (Å²) in [5.41, 5.74) is 0. The van der Waals surface area contributed by atoms with Gasteiger partial charge in [-0.25, -0.2) is 0 Å². The molecule has 578 valence electrons. The molecule has 99 heavy (non-hydrogen) atoms. The van der Waals surface area contributed by atoms with Crippen LogP contribution in [0.1, 0.15) is 367 Å². The zero-order chi connectivity index (χ0) is 71.5. The zero-order valence-corrected chi connectivity index (χ0v) is 63.5. The highest BCUT2D eigenvalue weighted by molar-refractivity contribution is 5.76. The van der Waals surface area contributed by atoms with E-state index in [9.17, 15) is 45.6 Å². The molecule has 2 rings (SSSR count). The van der Waals surface area contributed by atoms with E-state index >= 15 is 0 Å². The molecule has 0 bridgehead atoms. The van der Waals surface area contributed by atoms with Crippen LogP contribution in [-0.2, 0) is 23.7 Å². The van der Waals surface area contributed by atoms with Gasteiger partial charge in [0.1, 0.15) is 48.8 Å². The Bertz CT molecular complexity index is 1940. The van der Waals surface area contributed by atoms with E-state index in [1.807, 2.05) is 6.08 Å². The second-order valence-electron chi connectivity index (χ2n) is 29.2. The van der Waals surface area contributed by atoms with Gasteiger partial charge in [0.05, 0.1) is 32.0 Å². The molecule has 2 fully saturated rings. The molecule has 0 radical (unpaired) electrons. The third-order valence-corrected chi connectivity index (χ3v) is 20.1. The molecule has 12 atom stereocenters. The number of aliphatic hydroxyl groups excluding tert-OH is 8. The first-order valence-electron chi connectivity index (χ1n) is 41.7. The lowest BCUT2D eigenvalue weighted by molar-refractivity contribution is -0.359. The van der Waals surface area contributed by atoms with Crippen LogP contribution in [0.15, 0.2) is 72.9 Å². The first-order chi connectivity index (χ1) is 48.6. The fourth-order valence-electron chi connectivity index (χ4n) is 13.6. The lowest BCUT2D eigenvalue weighted by Crippen LogP contribution is -2.65. The van der Waals surface area contributed by atoms with Gasteiger partial charge in [0.15, 0.2) is 12.6 Å². The van der Waals surface area contributed by atoms with Crippen LogP contribution in [-0.4, -0.2) is 140 Å². The van der Waals surface area contributed by atoms with E-state index in [1.165, 1.54) is 270 Å². The summed E-state index contributed by atoms with van der Waals surface area (Å²) in [5.74, 6) is -0.232. The minimum atomic E-state index is -1.79. The number of allylic oxidation sites excluding steroid dienone is 11. The summed E-state index contributed by atoms with van der Waals surface area (Å²) in [7, 11) is 0. The van der Waals surface area contributed by atoms with E-state index in [0.717, 1.165) is 70.6 Å². The van der Waals surface area contributed by atoms with Crippen molar-refractivity contribution in [2.24, 2.45) is 0 Å². The molecule has 12 unspecified atom stereocenters. The van der Waals surface area contributed by atoms with Crippen LogP contribution in [0, 0.1) is 0 Å². The molecule has 2 saturated heterocycles. The Morgan fingerprint density at radius 2 is 0.697 bits per heavy atom. The normalized spacial score (nSPS) is 22.3. The SMILES string of the molecule is CC/C=C\C/C=C\C/C=C\C/C=C\C/C=C\CCCCCCCCCCCCCCCCCCCCCCCCCC(=O)NC(COC1OC(CO)C(OC2OC(CO)C(O)C(O)C2O)C(O)C1O)C(O)/C=C/CCCCCCCCCCCCCCCCCCCCCCCCCC.